The molecule has 11 heteroatoms. The Hall–Kier alpha value is -3.50. The third-order valence-electron chi connectivity index (χ3n) is 4.35. The van der Waals surface area contributed by atoms with E-state index in [1.54, 1.807) is 30.3 Å². The summed E-state index contributed by atoms with van der Waals surface area (Å²) in [6.45, 7) is -0.0144. The maximum atomic E-state index is 13.8. The van der Waals surface area contributed by atoms with Crippen LogP contribution in [0.25, 0.3) is 0 Å². The van der Waals surface area contributed by atoms with Crippen LogP contribution in [0.1, 0.15) is 11.1 Å². The van der Waals surface area contributed by atoms with E-state index in [1.165, 1.54) is 31.5 Å². The van der Waals surface area contributed by atoms with Gasteiger partial charge in [-0.1, -0.05) is 29.8 Å². The number of halogens is 4. The first-order chi connectivity index (χ1) is 16.3. The van der Waals surface area contributed by atoms with Crippen molar-refractivity contribution in [3.05, 3.63) is 86.9 Å². The number of rotatable bonds is 7. The van der Waals surface area contributed by atoms with Crippen LogP contribution in [0.4, 0.5) is 14.5 Å². The Morgan fingerprint density at radius 1 is 1.09 bits per heavy atom. The molecule has 7 nitrogen and oxygen atoms in total. The fraction of sp³-hybridized carbons (Fsp3) is 0.0870. The van der Waals surface area contributed by atoms with Crippen LogP contribution in [-0.4, -0.2) is 25.1 Å². The SMILES string of the molecule is COc1cc(C=NNC(=O)C(=O)Nc2ccc(F)c(Cl)c2)cc(Br)c1OCc1ccccc1F. The quantitative estimate of drug-likeness (QED) is 0.244. The van der Waals surface area contributed by atoms with Crippen molar-refractivity contribution in [3.63, 3.8) is 0 Å². The number of hydrazone groups is 1. The number of carbonyl (C=O) groups excluding carboxylic acids is 2. The molecule has 0 spiro atoms. The number of methoxy groups -OCH3 is 1. The molecule has 0 aliphatic rings. The van der Waals surface area contributed by atoms with Crippen LogP contribution in [0.5, 0.6) is 11.5 Å². The van der Waals surface area contributed by atoms with Gasteiger partial charge in [0.2, 0.25) is 0 Å². The highest BCUT2D eigenvalue weighted by Crippen LogP contribution is 2.37. The number of carbonyl (C=O) groups is 2. The van der Waals surface area contributed by atoms with Crippen molar-refractivity contribution in [2.75, 3.05) is 12.4 Å². The number of hydrogen-bond donors (Lipinski definition) is 2. The first-order valence-electron chi connectivity index (χ1n) is 9.61. The van der Waals surface area contributed by atoms with Crippen molar-refractivity contribution >= 4 is 51.2 Å². The molecule has 0 aromatic heterocycles. The molecular formula is C23H17BrClF2N3O4. The van der Waals surface area contributed by atoms with Crippen molar-refractivity contribution < 1.29 is 27.8 Å². The molecular weight excluding hydrogens is 536 g/mol. The zero-order valence-corrected chi connectivity index (χ0v) is 19.9. The fourth-order valence-electron chi connectivity index (χ4n) is 2.70. The van der Waals surface area contributed by atoms with Crippen molar-refractivity contribution in [1.29, 1.82) is 0 Å². The topological polar surface area (TPSA) is 89.0 Å². The summed E-state index contributed by atoms with van der Waals surface area (Å²) in [5.41, 5.74) is 3.12. The van der Waals surface area contributed by atoms with Crippen LogP contribution >= 0.6 is 27.5 Å². The standard InChI is InChI=1S/C23H17BrClF2N3O4/c1-33-20-9-13(8-16(24)21(20)34-12-14-4-2-3-5-18(14)26)11-28-30-23(32)22(31)29-15-6-7-19(27)17(25)10-15/h2-11H,12H2,1H3,(H,29,31)(H,30,32). The lowest BCUT2D eigenvalue weighted by Crippen LogP contribution is -2.32. The van der Waals surface area contributed by atoms with Gasteiger partial charge in [-0.2, -0.15) is 5.10 Å². The number of ether oxygens (including phenoxy) is 2. The van der Waals surface area contributed by atoms with Gasteiger partial charge in [0.1, 0.15) is 18.2 Å². The van der Waals surface area contributed by atoms with Gasteiger partial charge in [0, 0.05) is 11.3 Å². The number of anilines is 1. The zero-order chi connectivity index (χ0) is 24.7. The number of nitrogens with one attached hydrogen (secondary N) is 2. The molecule has 3 rings (SSSR count). The van der Waals surface area contributed by atoms with Crippen LogP contribution < -0.4 is 20.2 Å². The highest BCUT2D eigenvalue weighted by molar-refractivity contribution is 9.10. The lowest BCUT2D eigenvalue weighted by Gasteiger charge is -2.14. The van der Waals surface area contributed by atoms with E-state index in [9.17, 15) is 18.4 Å². The second-order valence-corrected chi connectivity index (χ2v) is 7.96. The second-order valence-electron chi connectivity index (χ2n) is 6.70. The van der Waals surface area contributed by atoms with E-state index >= 15 is 0 Å². The number of amides is 2. The van der Waals surface area contributed by atoms with E-state index in [0.29, 0.717) is 27.1 Å². The van der Waals surface area contributed by atoms with Gasteiger partial charge in [-0.3, -0.25) is 9.59 Å². The average Bonchev–Trinajstić information content (AvgIpc) is 2.81. The molecule has 0 saturated heterocycles. The van der Waals surface area contributed by atoms with Crippen LogP contribution in [-0.2, 0) is 16.2 Å². The van der Waals surface area contributed by atoms with Crippen LogP contribution in [0, 0.1) is 11.6 Å². The van der Waals surface area contributed by atoms with Gasteiger partial charge in [-0.05, 0) is 57.9 Å². The highest BCUT2D eigenvalue weighted by Gasteiger charge is 2.15. The summed E-state index contributed by atoms with van der Waals surface area (Å²) in [6.07, 6.45) is 1.29. The van der Waals surface area contributed by atoms with Gasteiger partial charge in [-0.25, -0.2) is 14.2 Å². The Morgan fingerprint density at radius 3 is 2.56 bits per heavy atom. The molecule has 0 aliphatic carbocycles. The second kappa shape index (κ2) is 11.6. The number of benzene rings is 3. The molecule has 0 fully saturated rings. The maximum absolute atomic E-state index is 13.8. The van der Waals surface area contributed by atoms with Crippen molar-refractivity contribution in [2.45, 2.75) is 6.61 Å². The lowest BCUT2D eigenvalue weighted by atomic mass is 10.2. The lowest BCUT2D eigenvalue weighted by molar-refractivity contribution is -0.136. The molecule has 34 heavy (non-hydrogen) atoms. The van der Waals surface area contributed by atoms with Gasteiger partial charge < -0.3 is 14.8 Å². The third-order valence-corrected chi connectivity index (χ3v) is 5.22. The molecule has 0 heterocycles. The summed E-state index contributed by atoms with van der Waals surface area (Å²) >= 11 is 9.02. The smallest absolute Gasteiger partial charge is 0.329 e. The summed E-state index contributed by atoms with van der Waals surface area (Å²) < 4.78 is 38.6. The van der Waals surface area contributed by atoms with E-state index in [1.807, 2.05) is 0 Å². The fourth-order valence-corrected chi connectivity index (χ4v) is 3.45. The van der Waals surface area contributed by atoms with Crippen molar-refractivity contribution in [2.24, 2.45) is 5.10 Å². The van der Waals surface area contributed by atoms with E-state index in [2.05, 4.69) is 31.8 Å². The molecule has 3 aromatic carbocycles. The third kappa shape index (κ3) is 6.52. The average molecular weight is 553 g/mol. The number of nitrogens with zero attached hydrogens (tertiary/aromatic N) is 1. The van der Waals surface area contributed by atoms with Crippen LogP contribution in [0.2, 0.25) is 5.02 Å². The van der Waals surface area contributed by atoms with E-state index < -0.39 is 17.6 Å². The molecule has 0 unspecified atom stereocenters. The minimum atomic E-state index is -1.05. The van der Waals surface area contributed by atoms with Crippen molar-refractivity contribution in [3.8, 4) is 11.5 Å². The summed E-state index contributed by atoms with van der Waals surface area (Å²) in [5, 5.41) is 5.83. The Morgan fingerprint density at radius 2 is 1.85 bits per heavy atom. The normalized spacial score (nSPS) is 10.7. The van der Waals surface area contributed by atoms with Gasteiger partial charge in [-0.15, -0.1) is 0 Å². The molecule has 0 saturated carbocycles. The Labute approximate surface area is 206 Å². The summed E-state index contributed by atoms with van der Waals surface area (Å²) in [7, 11) is 1.44. The molecule has 2 N–H and O–H groups in total. The van der Waals surface area contributed by atoms with Gasteiger partial charge in [0.05, 0.1) is 22.8 Å². The first kappa shape index (κ1) is 25.1. The molecule has 3 aromatic rings. The van der Waals surface area contributed by atoms with Crippen LogP contribution in [0.3, 0.4) is 0 Å². The largest absolute Gasteiger partial charge is 0.493 e. The molecule has 0 radical (unpaired) electrons. The predicted molar refractivity (Wildman–Crippen MR) is 127 cm³/mol. The highest BCUT2D eigenvalue weighted by atomic mass is 79.9. The number of hydrogen-bond acceptors (Lipinski definition) is 5. The van der Waals surface area contributed by atoms with E-state index in [-0.39, 0.29) is 23.1 Å². The molecule has 0 atom stereocenters. The van der Waals surface area contributed by atoms with Gasteiger partial charge in [0.15, 0.2) is 11.5 Å². The Bertz CT molecular complexity index is 1260. The molecule has 0 aliphatic heterocycles. The van der Waals surface area contributed by atoms with Gasteiger partial charge in [0.25, 0.3) is 0 Å². The minimum Gasteiger partial charge on any atom is -0.493 e. The Kier molecular flexibility index (Phi) is 8.55. The summed E-state index contributed by atoms with van der Waals surface area (Å²) in [6, 6.07) is 13.0. The molecule has 176 valence electrons. The van der Waals surface area contributed by atoms with Gasteiger partial charge >= 0.3 is 11.8 Å². The summed E-state index contributed by atoms with van der Waals surface area (Å²) in [4.78, 5) is 23.9. The van der Waals surface area contributed by atoms with Crippen LogP contribution in [0.15, 0.2) is 64.2 Å². The first-order valence-corrected chi connectivity index (χ1v) is 10.8. The van der Waals surface area contributed by atoms with Crippen molar-refractivity contribution in [1.82, 2.24) is 5.43 Å². The Balaban J connectivity index is 1.63. The monoisotopic (exact) mass is 551 g/mol. The zero-order valence-electron chi connectivity index (χ0n) is 17.6. The molecule has 2 amide bonds. The molecule has 0 bridgehead atoms. The summed E-state index contributed by atoms with van der Waals surface area (Å²) in [5.74, 6) is -2.42. The predicted octanol–water partition coefficient (Wildman–Crippen LogP) is 5.06. The minimum absolute atomic E-state index is 0.0144. The maximum Gasteiger partial charge on any atom is 0.329 e. The van der Waals surface area contributed by atoms with E-state index in [0.717, 1.165) is 6.07 Å². The van der Waals surface area contributed by atoms with E-state index in [4.69, 9.17) is 21.1 Å².